The molecule has 5 aromatic rings. The molecule has 0 spiro atoms. The van der Waals surface area contributed by atoms with Gasteiger partial charge in [-0.05, 0) is 47.7 Å². The lowest BCUT2D eigenvalue weighted by molar-refractivity contribution is -0.152. The van der Waals surface area contributed by atoms with Gasteiger partial charge in [-0.25, -0.2) is 15.0 Å². The van der Waals surface area contributed by atoms with Gasteiger partial charge in [0.2, 0.25) is 11.6 Å². The van der Waals surface area contributed by atoms with Crippen molar-refractivity contribution in [3.63, 3.8) is 0 Å². The summed E-state index contributed by atoms with van der Waals surface area (Å²) in [6.07, 6.45) is -7.15. The zero-order valence-corrected chi connectivity index (χ0v) is 22.2. The van der Waals surface area contributed by atoms with E-state index in [9.17, 15) is 35.9 Å². The third-order valence-corrected chi connectivity index (χ3v) is 6.99. The molecular formula is C28H19F6N7O3. The Morgan fingerprint density at radius 1 is 0.932 bits per heavy atom. The van der Waals surface area contributed by atoms with E-state index in [-0.39, 0.29) is 34.7 Å². The molecule has 1 atom stereocenters. The van der Waals surface area contributed by atoms with Crippen molar-refractivity contribution >= 4 is 22.8 Å². The van der Waals surface area contributed by atoms with Gasteiger partial charge in [0, 0.05) is 23.6 Å². The van der Waals surface area contributed by atoms with Gasteiger partial charge in [0.1, 0.15) is 23.3 Å². The van der Waals surface area contributed by atoms with Crippen molar-refractivity contribution < 1.29 is 40.3 Å². The number of aromatic amines is 1. The molecule has 10 nitrogen and oxygen atoms in total. The van der Waals surface area contributed by atoms with Crippen molar-refractivity contribution in [1.82, 2.24) is 35.8 Å². The number of H-pyrrole nitrogens is 1. The third-order valence-electron chi connectivity index (χ3n) is 6.99. The standard InChI is InChI=1S/C28H19F6N7O3/c29-27(30,31)22-9-15-2-1-13(7-21(15)44-22)11-35-24(42)19-10-20(37-12-36-19)25(43)38-18-6-4-14-8-16(3-5-17(14)18)23-39-26(41-40-23)28(32,33)34/h1-3,5,7-10,12,18H,4,6,11H2,(H,35,42)(H,38,43)(H,39,40,41)/t18-/m0/s1. The van der Waals surface area contributed by atoms with Crippen molar-refractivity contribution in [2.45, 2.75) is 37.8 Å². The number of rotatable bonds is 6. The Bertz CT molecular complexity index is 1900. The van der Waals surface area contributed by atoms with Gasteiger partial charge in [0.25, 0.3) is 11.8 Å². The fraction of sp³-hybridized carbons (Fsp3) is 0.214. The van der Waals surface area contributed by atoms with Gasteiger partial charge in [-0.2, -0.15) is 31.4 Å². The number of aryl methyl sites for hydroxylation is 1. The highest BCUT2D eigenvalue weighted by atomic mass is 19.4. The minimum Gasteiger partial charge on any atom is -0.451 e. The predicted molar refractivity (Wildman–Crippen MR) is 140 cm³/mol. The number of carbonyl (C=O) groups is 2. The minimum absolute atomic E-state index is 0.0168. The largest absolute Gasteiger partial charge is 0.451 e. The van der Waals surface area contributed by atoms with E-state index in [1.807, 2.05) is 5.10 Å². The lowest BCUT2D eigenvalue weighted by Crippen LogP contribution is -2.29. The molecule has 0 fully saturated rings. The van der Waals surface area contributed by atoms with Crippen molar-refractivity contribution in [3.8, 4) is 11.4 Å². The molecular weight excluding hydrogens is 596 g/mol. The predicted octanol–water partition coefficient (Wildman–Crippen LogP) is 5.39. The number of furan rings is 1. The molecule has 226 valence electrons. The molecule has 1 aliphatic carbocycles. The molecule has 3 heterocycles. The summed E-state index contributed by atoms with van der Waals surface area (Å²) in [6.45, 7) is -0.0471. The van der Waals surface area contributed by atoms with Crippen LogP contribution in [0.15, 0.2) is 59.3 Å². The Labute approximate surface area is 242 Å². The minimum atomic E-state index is -4.65. The smallest absolute Gasteiger partial charge is 0.451 e. The fourth-order valence-electron chi connectivity index (χ4n) is 4.86. The number of benzene rings is 2. The van der Waals surface area contributed by atoms with Gasteiger partial charge in [-0.3, -0.25) is 14.7 Å². The first kappa shape index (κ1) is 28.8. The van der Waals surface area contributed by atoms with E-state index in [1.54, 1.807) is 24.3 Å². The highest BCUT2D eigenvalue weighted by Crippen LogP contribution is 2.35. The highest BCUT2D eigenvalue weighted by molar-refractivity contribution is 5.97. The maximum Gasteiger partial charge on any atom is 0.451 e. The monoisotopic (exact) mass is 615 g/mol. The number of hydrogen-bond acceptors (Lipinski definition) is 7. The maximum absolute atomic E-state index is 13.0. The lowest BCUT2D eigenvalue weighted by Gasteiger charge is -2.14. The number of halogens is 6. The van der Waals surface area contributed by atoms with Crippen LogP contribution >= 0.6 is 0 Å². The molecule has 6 rings (SSSR count). The molecule has 3 N–H and O–H groups in total. The van der Waals surface area contributed by atoms with Crippen molar-refractivity contribution in [2.75, 3.05) is 0 Å². The van der Waals surface area contributed by atoms with E-state index >= 15 is 0 Å². The summed E-state index contributed by atoms with van der Waals surface area (Å²) < 4.78 is 82.2. The van der Waals surface area contributed by atoms with Crippen LogP contribution < -0.4 is 10.6 Å². The molecule has 0 saturated heterocycles. The summed E-state index contributed by atoms with van der Waals surface area (Å²) in [5.41, 5.74) is 2.30. The Hall–Kier alpha value is -5.28. The van der Waals surface area contributed by atoms with E-state index in [0.29, 0.717) is 24.0 Å². The van der Waals surface area contributed by atoms with Gasteiger partial charge in [-0.15, -0.1) is 0 Å². The van der Waals surface area contributed by atoms with Crippen LogP contribution in [0.25, 0.3) is 22.4 Å². The van der Waals surface area contributed by atoms with E-state index < -0.39 is 41.8 Å². The topological polar surface area (TPSA) is 139 Å². The first-order chi connectivity index (χ1) is 20.8. The molecule has 2 amide bonds. The number of hydrogen-bond donors (Lipinski definition) is 3. The average molecular weight is 615 g/mol. The van der Waals surface area contributed by atoms with Crippen LogP contribution in [-0.2, 0) is 25.3 Å². The van der Waals surface area contributed by atoms with Crippen molar-refractivity contribution in [2.24, 2.45) is 0 Å². The number of alkyl halides is 6. The summed E-state index contributed by atoms with van der Waals surface area (Å²) >= 11 is 0. The molecule has 1 aliphatic rings. The van der Waals surface area contributed by atoms with Crippen LogP contribution in [0, 0.1) is 0 Å². The van der Waals surface area contributed by atoms with Gasteiger partial charge in [0.15, 0.2) is 5.82 Å². The van der Waals surface area contributed by atoms with E-state index in [4.69, 9.17) is 4.42 Å². The van der Waals surface area contributed by atoms with Crippen LogP contribution in [0.3, 0.4) is 0 Å². The fourth-order valence-corrected chi connectivity index (χ4v) is 4.86. The van der Waals surface area contributed by atoms with Gasteiger partial charge < -0.3 is 15.1 Å². The van der Waals surface area contributed by atoms with E-state index in [1.165, 1.54) is 18.2 Å². The second-order valence-corrected chi connectivity index (χ2v) is 9.94. The van der Waals surface area contributed by atoms with Gasteiger partial charge in [0.05, 0.1) is 6.04 Å². The molecule has 3 aromatic heterocycles. The quantitative estimate of drug-likeness (QED) is 0.218. The molecule has 0 aliphatic heterocycles. The summed E-state index contributed by atoms with van der Waals surface area (Å²) in [5.74, 6) is -3.64. The second kappa shape index (κ2) is 10.8. The van der Waals surface area contributed by atoms with Crippen LogP contribution in [0.2, 0.25) is 0 Å². The van der Waals surface area contributed by atoms with Gasteiger partial charge in [-0.1, -0.05) is 24.3 Å². The number of carbonyl (C=O) groups excluding carboxylic acids is 2. The number of nitrogens with zero attached hydrogens (tertiary/aromatic N) is 4. The molecule has 0 saturated carbocycles. The van der Waals surface area contributed by atoms with Gasteiger partial charge >= 0.3 is 12.4 Å². The number of amides is 2. The van der Waals surface area contributed by atoms with Crippen LogP contribution in [0.4, 0.5) is 26.3 Å². The number of aromatic nitrogens is 5. The third kappa shape index (κ3) is 5.82. The highest BCUT2D eigenvalue weighted by Gasteiger charge is 2.36. The Kier molecular flexibility index (Phi) is 7.05. The summed E-state index contributed by atoms with van der Waals surface area (Å²) in [5, 5.41) is 11.2. The zero-order chi connectivity index (χ0) is 31.2. The first-order valence-electron chi connectivity index (χ1n) is 13.0. The van der Waals surface area contributed by atoms with Crippen LogP contribution in [0.5, 0.6) is 0 Å². The molecule has 0 unspecified atom stereocenters. The second-order valence-electron chi connectivity index (χ2n) is 9.94. The van der Waals surface area contributed by atoms with Crippen molar-refractivity contribution in [1.29, 1.82) is 0 Å². The van der Waals surface area contributed by atoms with Crippen LogP contribution in [0.1, 0.15) is 61.7 Å². The SMILES string of the molecule is O=C(NCc1ccc2cc(C(F)(F)F)oc2c1)c1cc(C(=O)N[C@H]2CCc3cc(-c4n[nH]c(C(F)(F)F)n4)ccc32)ncn1. The van der Waals surface area contributed by atoms with E-state index in [2.05, 4.69) is 30.7 Å². The Balaban J connectivity index is 1.09. The summed E-state index contributed by atoms with van der Waals surface area (Å²) in [4.78, 5) is 37.1. The van der Waals surface area contributed by atoms with E-state index in [0.717, 1.165) is 23.5 Å². The lowest BCUT2D eigenvalue weighted by atomic mass is 10.0. The summed E-state index contributed by atoms with van der Waals surface area (Å²) in [7, 11) is 0. The summed E-state index contributed by atoms with van der Waals surface area (Å²) in [6, 6.07) is 11.0. The normalized spacial score (nSPS) is 14.9. The molecule has 0 bridgehead atoms. The Morgan fingerprint density at radius 3 is 2.43 bits per heavy atom. The maximum atomic E-state index is 13.0. The molecule has 2 aromatic carbocycles. The molecule has 0 radical (unpaired) electrons. The van der Waals surface area contributed by atoms with Crippen LogP contribution in [-0.4, -0.2) is 37.0 Å². The number of nitrogens with one attached hydrogen (secondary N) is 3. The average Bonchev–Trinajstić information content (AvgIpc) is 3.74. The Morgan fingerprint density at radius 2 is 1.70 bits per heavy atom. The van der Waals surface area contributed by atoms with Crippen molar-refractivity contribution in [3.05, 3.63) is 94.5 Å². The molecule has 16 heteroatoms. The zero-order valence-electron chi connectivity index (χ0n) is 22.2. The molecule has 44 heavy (non-hydrogen) atoms. The number of fused-ring (bicyclic) bond motifs is 2. The first-order valence-corrected chi connectivity index (χ1v) is 13.0.